The third-order valence-electron chi connectivity index (χ3n) is 3.94. The Balaban J connectivity index is 1.40. The van der Waals surface area contributed by atoms with Gasteiger partial charge in [0.05, 0.1) is 6.54 Å². The largest absolute Gasteiger partial charge is 0.338 e. The van der Waals surface area contributed by atoms with Crippen molar-refractivity contribution in [3.8, 4) is 0 Å². The Morgan fingerprint density at radius 2 is 2.08 bits per heavy atom. The number of aromatic nitrogens is 5. The Bertz CT molecular complexity index is 694. The molecule has 2 aromatic heterocycles. The SMILES string of the molecule is CC(C)c1nnc(CCNC(=O)NCc2nnc3n2CCCC3)s1. The molecule has 0 saturated carbocycles. The Labute approximate surface area is 145 Å². The molecule has 3 heterocycles. The van der Waals surface area contributed by atoms with Crippen LogP contribution in [0.4, 0.5) is 4.79 Å². The molecule has 0 bridgehead atoms. The first-order chi connectivity index (χ1) is 11.6. The average molecular weight is 349 g/mol. The van der Waals surface area contributed by atoms with Crippen LogP contribution in [0.5, 0.6) is 0 Å². The second-order valence-electron chi connectivity index (χ2n) is 6.19. The molecule has 0 unspecified atom stereocenters. The smallest absolute Gasteiger partial charge is 0.315 e. The van der Waals surface area contributed by atoms with Crippen molar-refractivity contribution in [2.45, 2.75) is 58.5 Å². The van der Waals surface area contributed by atoms with E-state index in [2.05, 4.69) is 49.4 Å². The van der Waals surface area contributed by atoms with E-state index in [0.717, 1.165) is 47.5 Å². The van der Waals surface area contributed by atoms with Crippen LogP contribution in [-0.2, 0) is 25.9 Å². The van der Waals surface area contributed by atoms with Gasteiger partial charge >= 0.3 is 6.03 Å². The number of carbonyl (C=O) groups is 1. The summed E-state index contributed by atoms with van der Waals surface area (Å²) >= 11 is 1.60. The van der Waals surface area contributed by atoms with Gasteiger partial charge in [0.25, 0.3) is 0 Å². The number of hydrogen-bond acceptors (Lipinski definition) is 6. The maximum absolute atomic E-state index is 11.9. The summed E-state index contributed by atoms with van der Waals surface area (Å²) in [5, 5.41) is 24.3. The van der Waals surface area contributed by atoms with Crippen molar-refractivity contribution in [3.63, 3.8) is 0 Å². The number of hydrogen-bond donors (Lipinski definition) is 2. The van der Waals surface area contributed by atoms with E-state index in [1.54, 1.807) is 11.3 Å². The average Bonchev–Trinajstić information content (AvgIpc) is 3.20. The van der Waals surface area contributed by atoms with Gasteiger partial charge in [-0.05, 0) is 12.8 Å². The number of nitrogens with zero attached hydrogens (tertiary/aromatic N) is 5. The summed E-state index contributed by atoms with van der Waals surface area (Å²) in [5.41, 5.74) is 0. The van der Waals surface area contributed by atoms with Gasteiger partial charge in [0.1, 0.15) is 15.8 Å². The number of amides is 2. The van der Waals surface area contributed by atoms with Crippen molar-refractivity contribution in [2.75, 3.05) is 6.54 Å². The molecule has 2 aromatic rings. The van der Waals surface area contributed by atoms with Gasteiger partial charge in [-0.2, -0.15) is 0 Å². The summed E-state index contributed by atoms with van der Waals surface area (Å²) in [7, 11) is 0. The van der Waals surface area contributed by atoms with Crippen molar-refractivity contribution in [3.05, 3.63) is 21.7 Å². The molecule has 130 valence electrons. The van der Waals surface area contributed by atoms with Gasteiger partial charge in [-0.15, -0.1) is 31.7 Å². The quantitative estimate of drug-likeness (QED) is 0.826. The van der Waals surface area contributed by atoms with Crippen molar-refractivity contribution in [1.82, 2.24) is 35.6 Å². The fraction of sp³-hybridized carbons (Fsp3) is 0.667. The van der Waals surface area contributed by atoms with E-state index in [-0.39, 0.29) is 6.03 Å². The highest BCUT2D eigenvalue weighted by Crippen LogP contribution is 2.18. The van der Waals surface area contributed by atoms with Crippen molar-refractivity contribution in [1.29, 1.82) is 0 Å². The Morgan fingerprint density at radius 1 is 1.21 bits per heavy atom. The lowest BCUT2D eigenvalue weighted by Gasteiger charge is -2.14. The molecular formula is C15H23N7OS. The third-order valence-corrected chi connectivity index (χ3v) is 5.23. The van der Waals surface area contributed by atoms with Gasteiger partial charge in [0.15, 0.2) is 5.82 Å². The standard InChI is InChI=1S/C15H23N7OS/c1-10(2)14-21-20-13(24-14)6-7-16-15(23)17-9-12-19-18-11-5-3-4-8-22(11)12/h10H,3-9H2,1-2H3,(H2,16,17,23). The van der Waals surface area contributed by atoms with Gasteiger partial charge in [-0.1, -0.05) is 13.8 Å². The normalized spacial score (nSPS) is 13.8. The van der Waals surface area contributed by atoms with E-state index in [1.165, 1.54) is 0 Å². The van der Waals surface area contributed by atoms with Gasteiger partial charge in [0, 0.05) is 31.8 Å². The summed E-state index contributed by atoms with van der Waals surface area (Å²) in [4.78, 5) is 11.9. The van der Waals surface area contributed by atoms with Crippen LogP contribution < -0.4 is 10.6 Å². The number of carbonyl (C=O) groups excluding carboxylic acids is 1. The van der Waals surface area contributed by atoms with Crippen LogP contribution >= 0.6 is 11.3 Å². The van der Waals surface area contributed by atoms with Gasteiger partial charge in [-0.3, -0.25) is 0 Å². The molecule has 1 aliphatic rings. The molecule has 0 aliphatic carbocycles. The Kier molecular flexibility index (Phi) is 5.39. The summed E-state index contributed by atoms with van der Waals surface area (Å²) in [6.07, 6.45) is 3.97. The van der Waals surface area contributed by atoms with E-state index >= 15 is 0 Å². The molecular weight excluding hydrogens is 326 g/mol. The highest BCUT2D eigenvalue weighted by Gasteiger charge is 2.16. The zero-order valence-corrected chi connectivity index (χ0v) is 14.9. The zero-order valence-electron chi connectivity index (χ0n) is 14.1. The molecule has 0 saturated heterocycles. The molecule has 24 heavy (non-hydrogen) atoms. The molecule has 2 amide bonds. The molecule has 8 nitrogen and oxygen atoms in total. The summed E-state index contributed by atoms with van der Waals surface area (Å²) in [6, 6.07) is -0.197. The first-order valence-corrected chi connectivity index (χ1v) is 9.20. The predicted molar refractivity (Wildman–Crippen MR) is 90.9 cm³/mol. The second-order valence-corrected chi connectivity index (χ2v) is 7.28. The van der Waals surface area contributed by atoms with Crippen LogP contribution in [0.3, 0.4) is 0 Å². The number of fused-ring (bicyclic) bond motifs is 1. The van der Waals surface area contributed by atoms with Crippen molar-refractivity contribution in [2.24, 2.45) is 0 Å². The van der Waals surface area contributed by atoms with Gasteiger partial charge in [-0.25, -0.2) is 4.79 Å². The molecule has 9 heteroatoms. The number of urea groups is 1. The molecule has 0 radical (unpaired) electrons. The van der Waals surface area contributed by atoms with Crippen molar-refractivity contribution >= 4 is 17.4 Å². The lowest BCUT2D eigenvalue weighted by molar-refractivity contribution is 0.240. The lowest BCUT2D eigenvalue weighted by atomic mass is 10.2. The topological polar surface area (TPSA) is 97.6 Å². The Hall–Kier alpha value is -2.03. The lowest BCUT2D eigenvalue weighted by Crippen LogP contribution is -2.36. The zero-order chi connectivity index (χ0) is 16.9. The summed E-state index contributed by atoms with van der Waals surface area (Å²) in [5.74, 6) is 2.24. The van der Waals surface area contributed by atoms with Crippen molar-refractivity contribution < 1.29 is 4.79 Å². The maximum Gasteiger partial charge on any atom is 0.315 e. The molecule has 0 atom stereocenters. The highest BCUT2D eigenvalue weighted by molar-refractivity contribution is 7.11. The fourth-order valence-electron chi connectivity index (χ4n) is 2.60. The van der Waals surface area contributed by atoms with Gasteiger partial charge in [0.2, 0.25) is 0 Å². The minimum absolute atomic E-state index is 0.197. The molecule has 3 rings (SSSR count). The van der Waals surface area contributed by atoms with E-state index in [4.69, 9.17) is 0 Å². The minimum Gasteiger partial charge on any atom is -0.338 e. The van der Waals surface area contributed by atoms with Crippen LogP contribution in [0.2, 0.25) is 0 Å². The van der Waals surface area contributed by atoms with E-state index in [1.807, 2.05) is 0 Å². The Morgan fingerprint density at radius 3 is 2.88 bits per heavy atom. The van der Waals surface area contributed by atoms with Crippen LogP contribution in [0.1, 0.15) is 54.3 Å². The van der Waals surface area contributed by atoms with Crippen LogP contribution in [-0.4, -0.2) is 37.5 Å². The van der Waals surface area contributed by atoms with Crippen LogP contribution in [0, 0.1) is 0 Å². The number of rotatable bonds is 6. The molecule has 0 aromatic carbocycles. The molecule has 2 N–H and O–H groups in total. The maximum atomic E-state index is 11.9. The first-order valence-electron chi connectivity index (χ1n) is 8.38. The highest BCUT2D eigenvalue weighted by atomic mass is 32.1. The molecule has 0 fully saturated rings. The predicted octanol–water partition coefficient (Wildman–Crippen LogP) is 1.63. The second kappa shape index (κ2) is 7.69. The first kappa shape index (κ1) is 16.8. The van der Waals surface area contributed by atoms with Gasteiger partial charge < -0.3 is 15.2 Å². The fourth-order valence-corrected chi connectivity index (χ4v) is 3.45. The van der Waals surface area contributed by atoms with Crippen LogP contribution in [0.15, 0.2) is 0 Å². The van der Waals surface area contributed by atoms with E-state index < -0.39 is 0 Å². The number of aryl methyl sites for hydroxylation is 1. The van der Waals surface area contributed by atoms with E-state index in [9.17, 15) is 4.79 Å². The van der Waals surface area contributed by atoms with E-state index in [0.29, 0.717) is 25.4 Å². The molecule has 0 spiro atoms. The third kappa shape index (κ3) is 4.08. The monoisotopic (exact) mass is 349 g/mol. The van der Waals surface area contributed by atoms with Crippen LogP contribution in [0.25, 0.3) is 0 Å². The summed E-state index contributed by atoms with van der Waals surface area (Å²) in [6.45, 7) is 6.07. The number of nitrogens with one attached hydrogen (secondary N) is 2. The molecule has 1 aliphatic heterocycles. The minimum atomic E-state index is -0.197. The summed E-state index contributed by atoms with van der Waals surface area (Å²) < 4.78 is 2.11.